The molecule has 164 valence electrons. The highest BCUT2D eigenvalue weighted by atomic mass is 16.7. The number of nitriles is 1. The average Bonchev–Trinajstić information content (AvgIpc) is 3.26. The van der Waals surface area contributed by atoms with Crippen LogP contribution in [0.15, 0.2) is 30.0 Å². The number of rotatable bonds is 4. The fourth-order valence-electron chi connectivity index (χ4n) is 4.06. The smallest absolute Gasteiger partial charge is 0.266 e. The summed E-state index contributed by atoms with van der Waals surface area (Å²) < 4.78 is 10.8. The molecule has 3 aliphatic heterocycles. The summed E-state index contributed by atoms with van der Waals surface area (Å²) in [6, 6.07) is 8.08. The molecule has 1 aromatic carbocycles. The molecule has 9 nitrogen and oxygen atoms in total. The van der Waals surface area contributed by atoms with Gasteiger partial charge in [0.05, 0.1) is 0 Å². The highest BCUT2D eigenvalue weighted by Gasteiger charge is 2.26. The van der Waals surface area contributed by atoms with Crippen molar-refractivity contribution in [2.24, 2.45) is 0 Å². The first-order valence-corrected chi connectivity index (χ1v) is 10.5. The Morgan fingerprint density at radius 1 is 1.00 bits per heavy atom. The van der Waals surface area contributed by atoms with Crippen molar-refractivity contribution in [2.75, 3.05) is 59.2 Å². The van der Waals surface area contributed by atoms with Crippen LogP contribution in [-0.2, 0) is 16.1 Å². The van der Waals surface area contributed by atoms with Gasteiger partial charge in [0.25, 0.3) is 5.91 Å². The summed E-state index contributed by atoms with van der Waals surface area (Å²) in [7, 11) is 0. The van der Waals surface area contributed by atoms with Crippen LogP contribution in [0.1, 0.15) is 12.5 Å². The molecule has 0 aliphatic carbocycles. The molecule has 31 heavy (non-hydrogen) atoms. The Labute approximate surface area is 182 Å². The molecule has 9 heteroatoms. The van der Waals surface area contributed by atoms with E-state index in [1.165, 1.54) is 12.5 Å². The lowest BCUT2D eigenvalue weighted by Crippen LogP contribution is -2.50. The lowest BCUT2D eigenvalue weighted by Gasteiger charge is -2.35. The van der Waals surface area contributed by atoms with Crippen LogP contribution in [0.5, 0.6) is 11.5 Å². The number of hydrogen-bond donors (Lipinski definition) is 0. The van der Waals surface area contributed by atoms with Gasteiger partial charge in [0.15, 0.2) is 11.5 Å². The Kier molecular flexibility index (Phi) is 6.28. The maximum Gasteiger partial charge on any atom is 0.266 e. The predicted molar refractivity (Wildman–Crippen MR) is 112 cm³/mol. The lowest BCUT2D eigenvalue weighted by molar-refractivity contribution is -0.136. The molecule has 0 spiro atoms. The van der Waals surface area contributed by atoms with Crippen LogP contribution in [0.3, 0.4) is 0 Å². The highest BCUT2D eigenvalue weighted by molar-refractivity contribution is 5.97. The van der Waals surface area contributed by atoms with E-state index in [9.17, 15) is 14.9 Å². The maximum atomic E-state index is 12.8. The summed E-state index contributed by atoms with van der Waals surface area (Å²) in [4.78, 5) is 32.0. The number of carbonyl (C=O) groups excluding carboxylic acids is 2. The topological polar surface area (TPSA) is 89.3 Å². The van der Waals surface area contributed by atoms with Gasteiger partial charge in [-0.05, 0) is 17.7 Å². The second-order valence-corrected chi connectivity index (χ2v) is 7.95. The molecule has 1 aromatic rings. The summed E-state index contributed by atoms with van der Waals surface area (Å²) in [6.07, 6.45) is 1.69. The van der Waals surface area contributed by atoms with E-state index >= 15 is 0 Å². The minimum absolute atomic E-state index is 0.0155. The van der Waals surface area contributed by atoms with Crippen molar-refractivity contribution in [3.63, 3.8) is 0 Å². The number of piperazine rings is 2. The molecule has 0 N–H and O–H groups in total. The summed E-state index contributed by atoms with van der Waals surface area (Å²) in [5.41, 5.74) is 1.33. The van der Waals surface area contributed by atoms with Gasteiger partial charge < -0.3 is 24.2 Å². The van der Waals surface area contributed by atoms with Crippen LogP contribution in [0, 0.1) is 11.3 Å². The monoisotopic (exact) mass is 425 g/mol. The van der Waals surface area contributed by atoms with E-state index in [4.69, 9.17) is 9.47 Å². The third-order valence-electron chi connectivity index (χ3n) is 5.92. The highest BCUT2D eigenvalue weighted by Crippen LogP contribution is 2.32. The minimum atomic E-state index is -0.256. The molecule has 3 heterocycles. The zero-order valence-corrected chi connectivity index (χ0v) is 17.7. The van der Waals surface area contributed by atoms with Gasteiger partial charge in [-0.3, -0.25) is 14.5 Å². The number of benzene rings is 1. The van der Waals surface area contributed by atoms with Crippen molar-refractivity contribution >= 4 is 11.8 Å². The fourth-order valence-corrected chi connectivity index (χ4v) is 4.06. The standard InChI is InChI=1S/C22H27N5O4/c1-17(28)26-8-10-27(11-9-26)22(29)19(13-23)15-25-6-4-24(5-7-25)14-18-2-3-20-21(12-18)31-16-30-20/h2-3,12,15H,4-11,14,16H2,1H3/b19-15-. The average molecular weight is 425 g/mol. The van der Waals surface area contributed by atoms with Gasteiger partial charge in [-0.25, -0.2) is 0 Å². The van der Waals surface area contributed by atoms with Crippen LogP contribution in [-0.4, -0.2) is 90.6 Å². The SMILES string of the molecule is CC(=O)N1CCN(C(=O)/C(C#N)=C\N2CCN(Cc3ccc4c(c3)OCO4)CC2)CC1. The number of ether oxygens (including phenoxy) is 2. The van der Waals surface area contributed by atoms with Gasteiger partial charge in [-0.2, -0.15) is 5.26 Å². The number of nitrogens with zero attached hydrogens (tertiary/aromatic N) is 5. The van der Waals surface area contributed by atoms with E-state index in [2.05, 4.69) is 17.0 Å². The number of hydrogen-bond acceptors (Lipinski definition) is 7. The Bertz CT molecular complexity index is 909. The molecule has 0 unspecified atom stereocenters. The third kappa shape index (κ3) is 4.91. The van der Waals surface area contributed by atoms with Gasteiger partial charge in [-0.15, -0.1) is 0 Å². The van der Waals surface area contributed by atoms with Crippen molar-refractivity contribution in [1.29, 1.82) is 5.26 Å². The summed E-state index contributed by atoms with van der Waals surface area (Å²) >= 11 is 0. The van der Waals surface area contributed by atoms with E-state index in [1.54, 1.807) is 16.0 Å². The molecule has 2 saturated heterocycles. The van der Waals surface area contributed by atoms with Gasteiger partial charge in [0, 0.05) is 72.0 Å². The first kappa shape index (κ1) is 21.0. The van der Waals surface area contributed by atoms with E-state index in [0.29, 0.717) is 26.2 Å². The van der Waals surface area contributed by atoms with Crippen LogP contribution in [0.2, 0.25) is 0 Å². The molecule has 0 radical (unpaired) electrons. The molecule has 0 bridgehead atoms. The molecule has 2 amide bonds. The molecule has 0 atom stereocenters. The van der Waals surface area contributed by atoms with Crippen LogP contribution < -0.4 is 9.47 Å². The Morgan fingerprint density at radius 3 is 2.35 bits per heavy atom. The van der Waals surface area contributed by atoms with E-state index < -0.39 is 0 Å². The number of amides is 2. The van der Waals surface area contributed by atoms with E-state index in [-0.39, 0.29) is 24.2 Å². The molecular weight excluding hydrogens is 398 g/mol. The third-order valence-corrected chi connectivity index (χ3v) is 5.92. The normalized spacial score (nSPS) is 19.4. The van der Waals surface area contributed by atoms with Gasteiger partial charge in [-0.1, -0.05) is 6.07 Å². The lowest BCUT2D eigenvalue weighted by atomic mass is 10.1. The van der Waals surface area contributed by atoms with Crippen molar-refractivity contribution in [2.45, 2.75) is 13.5 Å². The summed E-state index contributed by atoms with van der Waals surface area (Å²) in [5, 5.41) is 9.53. The summed E-state index contributed by atoms with van der Waals surface area (Å²) in [5.74, 6) is 1.34. The Morgan fingerprint density at radius 2 is 1.68 bits per heavy atom. The second-order valence-electron chi connectivity index (χ2n) is 7.95. The zero-order valence-electron chi connectivity index (χ0n) is 17.7. The van der Waals surface area contributed by atoms with Crippen LogP contribution in [0.4, 0.5) is 0 Å². The van der Waals surface area contributed by atoms with E-state index in [1.807, 2.05) is 17.0 Å². The molecule has 2 fully saturated rings. The molecule has 4 rings (SSSR count). The largest absolute Gasteiger partial charge is 0.454 e. The molecular formula is C22H27N5O4. The molecule has 0 aromatic heterocycles. The van der Waals surface area contributed by atoms with Gasteiger partial charge in [0.1, 0.15) is 11.6 Å². The summed E-state index contributed by atoms with van der Waals surface area (Å²) in [6.45, 7) is 7.75. The van der Waals surface area contributed by atoms with Crippen molar-refractivity contribution in [3.05, 3.63) is 35.5 Å². The molecule has 3 aliphatic rings. The predicted octanol–water partition coefficient (Wildman–Crippen LogP) is 0.631. The zero-order chi connectivity index (χ0) is 21.8. The van der Waals surface area contributed by atoms with Crippen LogP contribution >= 0.6 is 0 Å². The first-order chi connectivity index (χ1) is 15.0. The number of carbonyl (C=O) groups is 2. The minimum Gasteiger partial charge on any atom is -0.454 e. The van der Waals surface area contributed by atoms with Gasteiger partial charge in [0.2, 0.25) is 12.7 Å². The Hall–Kier alpha value is -3.25. The first-order valence-electron chi connectivity index (χ1n) is 10.5. The Balaban J connectivity index is 1.29. The fraction of sp³-hybridized carbons (Fsp3) is 0.500. The van der Waals surface area contributed by atoms with E-state index in [0.717, 1.165) is 44.2 Å². The van der Waals surface area contributed by atoms with Crippen molar-refractivity contribution in [1.82, 2.24) is 19.6 Å². The van der Waals surface area contributed by atoms with Gasteiger partial charge >= 0.3 is 0 Å². The maximum absolute atomic E-state index is 12.8. The molecule has 0 saturated carbocycles. The van der Waals surface area contributed by atoms with Crippen molar-refractivity contribution < 1.29 is 19.1 Å². The second kappa shape index (κ2) is 9.27. The number of fused-ring (bicyclic) bond motifs is 1. The van der Waals surface area contributed by atoms with Crippen molar-refractivity contribution in [3.8, 4) is 17.6 Å². The quantitative estimate of drug-likeness (QED) is 0.516. The van der Waals surface area contributed by atoms with Crippen LogP contribution in [0.25, 0.3) is 0 Å².